The molecule has 2 rings (SSSR count). The highest BCUT2D eigenvalue weighted by Crippen LogP contribution is 2.32. The van der Waals surface area contributed by atoms with E-state index in [0.717, 1.165) is 0 Å². The van der Waals surface area contributed by atoms with Gasteiger partial charge in [-0.2, -0.15) is 0 Å². The van der Waals surface area contributed by atoms with Gasteiger partial charge in [0.15, 0.2) is 0 Å². The fourth-order valence-electron chi connectivity index (χ4n) is 2.59. The summed E-state index contributed by atoms with van der Waals surface area (Å²) in [5.74, 6) is -1.38. The molecule has 1 aliphatic rings. The van der Waals surface area contributed by atoms with E-state index in [4.69, 9.17) is 27.9 Å². The fourth-order valence-corrected chi connectivity index (χ4v) is 3.11. The van der Waals surface area contributed by atoms with Crippen molar-refractivity contribution in [3.63, 3.8) is 0 Å². The van der Waals surface area contributed by atoms with Crippen molar-refractivity contribution in [2.75, 3.05) is 33.4 Å². The van der Waals surface area contributed by atoms with E-state index in [-0.39, 0.29) is 5.91 Å². The van der Waals surface area contributed by atoms with E-state index in [1.165, 1.54) is 18.9 Å². The predicted molar refractivity (Wildman–Crippen MR) is 91.5 cm³/mol. The summed E-state index contributed by atoms with van der Waals surface area (Å²) in [6.07, 6.45) is 0. The number of carbonyl (C=O) groups is 2. The Bertz CT molecular complexity index is 620. The number of likely N-dealkylation sites (N-methyl/N-ethyl adjacent to an activating group) is 1. The zero-order chi connectivity index (χ0) is 17.9. The molecule has 2 atom stereocenters. The molecule has 0 spiro atoms. The molecule has 1 aliphatic heterocycles. The van der Waals surface area contributed by atoms with E-state index in [1.807, 2.05) is 4.90 Å². The largest absolute Gasteiger partial charge is 0.480 e. The molecule has 0 aliphatic carbocycles. The number of hydrogen-bond acceptors (Lipinski definition) is 4. The van der Waals surface area contributed by atoms with Crippen LogP contribution in [0.4, 0.5) is 0 Å². The highest BCUT2D eigenvalue weighted by molar-refractivity contribution is 6.35. The summed E-state index contributed by atoms with van der Waals surface area (Å²) in [5, 5.41) is 10.0. The van der Waals surface area contributed by atoms with E-state index in [2.05, 4.69) is 0 Å². The van der Waals surface area contributed by atoms with Gasteiger partial charge in [-0.15, -0.1) is 0 Å². The minimum Gasteiger partial charge on any atom is -0.480 e. The molecule has 1 amide bonds. The van der Waals surface area contributed by atoms with Crippen LogP contribution in [0.25, 0.3) is 0 Å². The zero-order valence-electron chi connectivity index (χ0n) is 13.5. The van der Waals surface area contributed by atoms with Crippen LogP contribution >= 0.6 is 23.2 Å². The molecule has 1 saturated heterocycles. The van der Waals surface area contributed by atoms with E-state index < -0.39 is 18.1 Å². The van der Waals surface area contributed by atoms with Gasteiger partial charge in [0.1, 0.15) is 12.1 Å². The van der Waals surface area contributed by atoms with Crippen molar-refractivity contribution in [1.29, 1.82) is 0 Å². The Hall–Kier alpha value is -1.34. The quantitative estimate of drug-likeness (QED) is 0.855. The smallest absolute Gasteiger partial charge is 0.326 e. The van der Waals surface area contributed by atoms with Crippen LogP contribution in [0.15, 0.2) is 18.2 Å². The van der Waals surface area contributed by atoms with Gasteiger partial charge in [-0.05, 0) is 24.6 Å². The van der Waals surface area contributed by atoms with E-state index in [1.54, 1.807) is 18.2 Å². The maximum atomic E-state index is 13.0. The first-order valence-electron chi connectivity index (χ1n) is 7.59. The van der Waals surface area contributed by atoms with Gasteiger partial charge >= 0.3 is 5.97 Å². The maximum absolute atomic E-state index is 13.0. The molecule has 1 heterocycles. The highest BCUT2D eigenvalue weighted by atomic mass is 35.5. The molecule has 0 aromatic heterocycles. The van der Waals surface area contributed by atoms with Gasteiger partial charge in [0.2, 0.25) is 5.91 Å². The van der Waals surface area contributed by atoms with Crippen molar-refractivity contribution in [3.8, 4) is 0 Å². The maximum Gasteiger partial charge on any atom is 0.326 e. The summed E-state index contributed by atoms with van der Waals surface area (Å²) < 4.78 is 5.35. The third kappa shape index (κ3) is 4.19. The number of ether oxygens (including phenoxy) is 1. The van der Waals surface area contributed by atoms with Crippen molar-refractivity contribution < 1.29 is 19.4 Å². The molecular weight excluding hydrogens is 355 g/mol. The molecule has 1 fully saturated rings. The standard InChI is InChI=1S/C16H20Cl2N2O4/c1-10(16(22)23)19(2)15(21)14(20-5-7-24-8-6-20)12-4-3-11(17)9-13(12)18/h3-4,9-10,14H,5-8H2,1-2H3,(H,22,23). The lowest BCUT2D eigenvalue weighted by Gasteiger charge is -2.37. The fraction of sp³-hybridized carbons (Fsp3) is 0.500. The van der Waals surface area contributed by atoms with Gasteiger partial charge < -0.3 is 14.7 Å². The zero-order valence-corrected chi connectivity index (χ0v) is 15.0. The summed E-state index contributed by atoms with van der Waals surface area (Å²) in [4.78, 5) is 27.4. The number of rotatable bonds is 5. The number of halogens is 2. The van der Waals surface area contributed by atoms with Gasteiger partial charge in [0, 0.05) is 30.2 Å². The summed E-state index contributed by atoms with van der Waals surface area (Å²) >= 11 is 12.3. The second-order valence-corrected chi connectivity index (χ2v) is 6.52. The van der Waals surface area contributed by atoms with E-state index in [0.29, 0.717) is 41.9 Å². The molecule has 8 heteroatoms. The Kier molecular flexibility index (Phi) is 6.46. The molecule has 1 aromatic rings. The van der Waals surface area contributed by atoms with Crippen molar-refractivity contribution >= 4 is 35.1 Å². The molecule has 6 nitrogen and oxygen atoms in total. The monoisotopic (exact) mass is 374 g/mol. The molecule has 0 bridgehead atoms. The van der Waals surface area contributed by atoms with Crippen LogP contribution in [0.3, 0.4) is 0 Å². The Morgan fingerprint density at radius 1 is 1.29 bits per heavy atom. The molecule has 132 valence electrons. The number of benzene rings is 1. The van der Waals surface area contributed by atoms with Gasteiger partial charge in [0.25, 0.3) is 0 Å². The highest BCUT2D eigenvalue weighted by Gasteiger charge is 2.35. The van der Waals surface area contributed by atoms with Gasteiger partial charge in [0.05, 0.1) is 13.2 Å². The average Bonchev–Trinajstić information content (AvgIpc) is 2.56. The van der Waals surface area contributed by atoms with Crippen LogP contribution in [0, 0.1) is 0 Å². The van der Waals surface area contributed by atoms with Crippen LogP contribution < -0.4 is 0 Å². The number of carboxylic acids is 1. The van der Waals surface area contributed by atoms with Crippen molar-refractivity contribution in [3.05, 3.63) is 33.8 Å². The topological polar surface area (TPSA) is 70.1 Å². The molecule has 1 aromatic carbocycles. The van der Waals surface area contributed by atoms with Crippen LogP contribution in [0.2, 0.25) is 10.0 Å². The Balaban J connectivity index is 2.38. The SMILES string of the molecule is CC(C(=O)O)N(C)C(=O)C(c1ccc(Cl)cc1Cl)N1CCOCC1. The summed E-state index contributed by atoms with van der Waals surface area (Å²) in [7, 11) is 1.48. The predicted octanol–water partition coefficient (Wildman–Crippen LogP) is 2.30. The third-order valence-corrected chi connectivity index (χ3v) is 4.75. The number of nitrogens with zero attached hydrogens (tertiary/aromatic N) is 2. The number of carboxylic acid groups (broad SMARTS) is 1. The Morgan fingerprint density at radius 2 is 1.92 bits per heavy atom. The first-order chi connectivity index (χ1) is 11.3. The Morgan fingerprint density at radius 3 is 2.46 bits per heavy atom. The second kappa shape index (κ2) is 8.16. The third-order valence-electron chi connectivity index (χ3n) is 4.19. The number of carbonyl (C=O) groups excluding carboxylic acids is 1. The summed E-state index contributed by atoms with van der Waals surface area (Å²) in [6, 6.07) is 3.35. The number of aliphatic carboxylic acids is 1. The average molecular weight is 375 g/mol. The van der Waals surface area contributed by atoms with Gasteiger partial charge in [-0.1, -0.05) is 29.3 Å². The summed E-state index contributed by atoms with van der Waals surface area (Å²) in [6.45, 7) is 3.61. The summed E-state index contributed by atoms with van der Waals surface area (Å²) in [5.41, 5.74) is 0.609. The number of hydrogen-bond donors (Lipinski definition) is 1. The van der Waals surface area contributed by atoms with Gasteiger partial charge in [-0.25, -0.2) is 4.79 Å². The molecule has 2 unspecified atom stereocenters. The molecule has 0 radical (unpaired) electrons. The van der Waals surface area contributed by atoms with E-state index in [9.17, 15) is 14.7 Å². The van der Waals surface area contributed by atoms with Crippen LogP contribution in [0.1, 0.15) is 18.5 Å². The normalized spacial score (nSPS) is 18.0. The lowest BCUT2D eigenvalue weighted by Crippen LogP contribution is -2.49. The minimum atomic E-state index is -1.06. The lowest BCUT2D eigenvalue weighted by atomic mass is 10.0. The number of morpholine rings is 1. The van der Waals surface area contributed by atoms with Crippen molar-refractivity contribution in [2.45, 2.75) is 19.0 Å². The van der Waals surface area contributed by atoms with Crippen molar-refractivity contribution in [1.82, 2.24) is 9.80 Å². The lowest BCUT2D eigenvalue weighted by molar-refractivity contribution is -0.151. The van der Waals surface area contributed by atoms with Crippen LogP contribution in [0.5, 0.6) is 0 Å². The van der Waals surface area contributed by atoms with Crippen molar-refractivity contribution in [2.24, 2.45) is 0 Å². The molecular formula is C16H20Cl2N2O4. The van der Waals surface area contributed by atoms with Crippen LogP contribution in [-0.4, -0.2) is 66.2 Å². The second-order valence-electron chi connectivity index (χ2n) is 5.68. The first-order valence-corrected chi connectivity index (χ1v) is 8.34. The molecule has 24 heavy (non-hydrogen) atoms. The first kappa shape index (κ1) is 19.0. The Labute approximate surface area is 150 Å². The minimum absolute atomic E-state index is 0.323. The molecule has 0 saturated carbocycles. The van der Waals surface area contributed by atoms with Crippen LogP contribution in [-0.2, 0) is 14.3 Å². The molecule has 1 N–H and O–H groups in total. The van der Waals surface area contributed by atoms with E-state index >= 15 is 0 Å². The number of amides is 1. The van der Waals surface area contributed by atoms with Gasteiger partial charge in [-0.3, -0.25) is 9.69 Å².